The van der Waals surface area contributed by atoms with Crippen molar-refractivity contribution in [1.82, 2.24) is 20.2 Å². The van der Waals surface area contributed by atoms with Crippen molar-refractivity contribution in [2.45, 2.75) is 19.4 Å². The molecular formula is C17H19N5O2. The number of nitrogens with one attached hydrogen (secondary N) is 1. The predicted molar refractivity (Wildman–Crippen MR) is 90.0 cm³/mol. The van der Waals surface area contributed by atoms with Crippen molar-refractivity contribution in [3.05, 3.63) is 42.1 Å². The number of nitrogens with zero attached hydrogens (tertiary/aromatic N) is 3. The molecule has 124 valence electrons. The van der Waals surface area contributed by atoms with E-state index in [2.05, 4.69) is 15.3 Å². The van der Waals surface area contributed by atoms with Crippen molar-refractivity contribution < 1.29 is 9.59 Å². The lowest BCUT2D eigenvalue weighted by Crippen LogP contribution is -2.37. The zero-order valence-electron chi connectivity index (χ0n) is 13.4. The molecule has 1 aliphatic heterocycles. The van der Waals surface area contributed by atoms with E-state index in [4.69, 9.17) is 5.73 Å². The molecule has 0 aliphatic carbocycles. The highest BCUT2D eigenvalue weighted by Crippen LogP contribution is 2.19. The van der Waals surface area contributed by atoms with Gasteiger partial charge in [-0.05, 0) is 24.6 Å². The molecule has 7 nitrogen and oxygen atoms in total. The molecule has 3 N–H and O–H groups in total. The van der Waals surface area contributed by atoms with Crippen LogP contribution in [-0.2, 0) is 4.79 Å². The third-order valence-corrected chi connectivity index (χ3v) is 3.95. The van der Waals surface area contributed by atoms with E-state index < -0.39 is 0 Å². The van der Waals surface area contributed by atoms with Crippen molar-refractivity contribution in [2.24, 2.45) is 0 Å². The molecule has 0 bridgehead atoms. The van der Waals surface area contributed by atoms with E-state index in [0.717, 1.165) is 12.0 Å². The Kier molecular flexibility index (Phi) is 4.41. The lowest BCUT2D eigenvalue weighted by atomic mass is 10.1. The summed E-state index contributed by atoms with van der Waals surface area (Å²) in [6.07, 6.45) is 2.38. The first-order valence-corrected chi connectivity index (χ1v) is 7.78. The minimum atomic E-state index is -0.0687. The van der Waals surface area contributed by atoms with Gasteiger partial charge in [-0.1, -0.05) is 12.1 Å². The van der Waals surface area contributed by atoms with Gasteiger partial charge in [0.15, 0.2) is 5.82 Å². The third-order valence-electron chi connectivity index (χ3n) is 3.95. The minimum Gasteiger partial charge on any atom is -0.384 e. The number of amides is 2. The largest absolute Gasteiger partial charge is 0.384 e. The molecule has 24 heavy (non-hydrogen) atoms. The number of anilines is 1. The number of carbonyl (C=O) groups is 2. The van der Waals surface area contributed by atoms with Gasteiger partial charge in [0.25, 0.3) is 5.91 Å². The fraction of sp³-hybridized carbons (Fsp3) is 0.294. The van der Waals surface area contributed by atoms with Gasteiger partial charge in [0.1, 0.15) is 5.82 Å². The maximum atomic E-state index is 12.5. The van der Waals surface area contributed by atoms with E-state index in [-0.39, 0.29) is 17.9 Å². The van der Waals surface area contributed by atoms with Crippen LogP contribution in [0.25, 0.3) is 11.4 Å². The fourth-order valence-corrected chi connectivity index (χ4v) is 2.81. The number of nitrogen functional groups attached to an aromatic ring is 1. The van der Waals surface area contributed by atoms with Crippen LogP contribution in [0.15, 0.2) is 36.5 Å². The molecule has 1 fully saturated rings. The van der Waals surface area contributed by atoms with Crippen molar-refractivity contribution in [3.8, 4) is 11.4 Å². The van der Waals surface area contributed by atoms with E-state index in [0.29, 0.717) is 30.3 Å². The van der Waals surface area contributed by atoms with Crippen LogP contribution in [0.2, 0.25) is 0 Å². The van der Waals surface area contributed by atoms with Gasteiger partial charge in [0, 0.05) is 43.4 Å². The SMILES string of the molecule is CC(=O)N[C@H]1CCN(C(=O)c2ccc(-c3nccc(N)n3)cc2)C1. The molecule has 0 saturated carbocycles. The molecule has 2 amide bonds. The number of rotatable bonds is 3. The molecule has 1 aromatic carbocycles. The topological polar surface area (TPSA) is 101 Å². The Hall–Kier alpha value is -2.96. The third kappa shape index (κ3) is 3.51. The Morgan fingerprint density at radius 1 is 1.25 bits per heavy atom. The van der Waals surface area contributed by atoms with Gasteiger partial charge in [0.05, 0.1) is 0 Å². The van der Waals surface area contributed by atoms with Gasteiger partial charge in [-0.25, -0.2) is 9.97 Å². The van der Waals surface area contributed by atoms with Crippen molar-refractivity contribution >= 4 is 17.6 Å². The monoisotopic (exact) mass is 325 g/mol. The Morgan fingerprint density at radius 2 is 2.00 bits per heavy atom. The molecule has 0 radical (unpaired) electrons. The number of hydrogen-bond donors (Lipinski definition) is 2. The zero-order chi connectivity index (χ0) is 17.1. The molecule has 3 rings (SSSR count). The summed E-state index contributed by atoms with van der Waals surface area (Å²) in [7, 11) is 0. The van der Waals surface area contributed by atoms with E-state index in [1.165, 1.54) is 6.92 Å². The van der Waals surface area contributed by atoms with E-state index >= 15 is 0 Å². The van der Waals surface area contributed by atoms with Gasteiger partial charge >= 0.3 is 0 Å². The van der Waals surface area contributed by atoms with Crippen molar-refractivity contribution in [1.29, 1.82) is 0 Å². The summed E-state index contributed by atoms with van der Waals surface area (Å²) in [5.41, 5.74) is 7.07. The van der Waals surface area contributed by atoms with Crippen LogP contribution in [0, 0.1) is 0 Å². The first-order valence-electron chi connectivity index (χ1n) is 7.78. The molecule has 1 aliphatic rings. The number of hydrogen-bond acceptors (Lipinski definition) is 5. The smallest absolute Gasteiger partial charge is 0.253 e. The predicted octanol–water partition coefficient (Wildman–Crippen LogP) is 1.08. The first kappa shape index (κ1) is 15.9. The standard InChI is InChI=1S/C17H19N5O2/c1-11(23)20-14-7-9-22(10-14)17(24)13-4-2-12(3-5-13)16-19-8-6-15(18)21-16/h2-6,8,14H,7,9-10H2,1H3,(H,20,23)(H2,18,19,21)/t14-/m0/s1. The quantitative estimate of drug-likeness (QED) is 0.879. The summed E-state index contributed by atoms with van der Waals surface area (Å²) in [4.78, 5) is 33.7. The molecule has 1 atom stereocenters. The molecule has 2 aromatic rings. The summed E-state index contributed by atoms with van der Waals surface area (Å²) in [5.74, 6) is 0.825. The lowest BCUT2D eigenvalue weighted by Gasteiger charge is -2.17. The van der Waals surface area contributed by atoms with E-state index in [1.807, 2.05) is 12.1 Å². The molecule has 7 heteroatoms. The second kappa shape index (κ2) is 6.66. The Labute approximate surface area is 139 Å². The molecular weight excluding hydrogens is 306 g/mol. The van der Waals surface area contributed by atoms with Gasteiger partial charge in [-0.3, -0.25) is 9.59 Å². The van der Waals surface area contributed by atoms with E-state index in [9.17, 15) is 9.59 Å². The summed E-state index contributed by atoms with van der Waals surface area (Å²) < 4.78 is 0. The molecule has 1 aromatic heterocycles. The average molecular weight is 325 g/mol. The van der Waals surface area contributed by atoms with Crippen LogP contribution in [-0.4, -0.2) is 45.8 Å². The summed E-state index contributed by atoms with van der Waals surface area (Å²) >= 11 is 0. The van der Waals surface area contributed by atoms with Crippen LogP contribution in [0.5, 0.6) is 0 Å². The zero-order valence-corrected chi connectivity index (χ0v) is 13.4. The first-order chi connectivity index (χ1) is 11.5. The Balaban J connectivity index is 1.69. The average Bonchev–Trinajstić information content (AvgIpc) is 3.02. The van der Waals surface area contributed by atoms with Crippen molar-refractivity contribution in [2.75, 3.05) is 18.8 Å². The van der Waals surface area contributed by atoms with Gasteiger partial charge in [-0.15, -0.1) is 0 Å². The van der Waals surface area contributed by atoms with Gasteiger partial charge in [-0.2, -0.15) is 0 Å². The van der Waals surface area contributed by atoms with Gasteiger partial charge in [0.2, 0.25) is 5.91 Å². The maximum Gasteiger partial charge on any atom is 0.253 e. The van der Waals surface area contributed by atoms with Crippen LogP contribution in [0.1, 0.15) is 23.7 Å². The highest BCUT2D eigenvalue weighted by atomic mass is 16.2. The Bertz CT molecular complexity index is 760. The second-order valence-corrected chi connectivity index (χ2v) is 5.82. The highest BCUT2D eigenvalue weighted by molar-refractivity contribution is 5.95. The molecule has 2 heterocycles. The van der Waals surface area contributed by atoms with E-state index in [1.54, 1.807) is 29.3 Å². The fourth-order valence-electron chi connectivity index (χ4n) is 2.81. The van der Waals surface area contributed by atoms with Crippen LogP contribution in [0.4, 0.5) is 5.82 Å². The molecule has 1 saturated heterocycles. The molecule has 0 unspecified atom stereocenters. The summed E-state index contributed by atoms with van der Waals surface area (Å²) in [6, 6.07) is 8.80. The van der Waals surface area contributed by atoms with Gasteiger partial charge < -0.3 is 16.0 Å². The van der Waals surface area contributed by atoms with Crippen LogP contribution in [0.3, 0.4) is 0 Å². The summed E-state index contributed by atoms with van der Waals surface area (Å²) in [5, 5.41) is 2.85. The Morgan fingerprint density at radius 3 is 2.67 bits per heavy atom. The number of aromatic nitrogens is 2. The normalized spacial score (nSPS) is 16.9. The second-order valence-electron chi connectivity index (χ2n) is 5.82. The number of benzene rings is 1. The molecule has 0 spiro atoms. The number of nitrogens with two attached hydrogens (primary N) is 1. The maximum absolute atomic E-state index is 12.5. The minimum absolute atomic E-state index is 0.0337. The number of likely N-dealkylation sites (tertiary alicyclic amines) is 1. The van der Waals surface area contributed by atoms with Crippen molar-refractivity contribution in [3.63, 3.8) is 0 Å². The lowest BCUT2D eigenvalue weighted by molar-refractivity contribution is -0.119. The van der Waals surface area contributed by atoms with Crippen LogP contribution >= 0.6 is 0 Å². The number of carbonyl (C=O) groups excluding carboxylic acids is 2. The van der Waals surface area contributed by atoms with Crippen LogP contribution < -0.4 is 11.1 Å². The summed E-state index contributed by atoms with van der Waals surface area (Å²) in [6.45, 7) is 2.67. The highest BCUT2D eigenvalue weighted by Gasteiger charge is 2.27.